The number of ether oxygens (including phenoxy) is 1. The summed E-state index contributed by atoms with van der Waals surface area (Å²) in [5.74, 6) is -0.205. The molecule has 1 fully saturated rings. The predicted octanol–water partition coefficient (Wildman–Crippen LogP) is 7.07. The summed E-state index contributed by atoms with van der Waals surface area (Å²) in [5.41, 5.74) is 0.558. The van der Waals surface area contributed by atoms with E-state index < -0.39 is 11.9 Å². The van der Waals surface area contributed by atoms with Crippen molar-refractivity contribution in [3.63, 3.8) is 0 Å². The molecule has 2 nitrogen and oxygen atoms in total. The van der Waals surface area contributed by atoms with Crippen LogP contribution in [0.5, 0.6) is 5.75 Å². The molecule has 0 amide bonds. The zero-order valence-electron chi connectivity index (χ0n) is 16.4. The summed E-state index contributed by atoms with van der Waals surface area (Å²) < 4.78 is 47.3. The third-order valence-electron chi connectivity index (χ3n) is 5.44. The first-order chi connectivity index (χ1) is 13.9. The lowest BCUT2D eigenvalue weighted by molar-refractivity contribution is -0.185. The van der Waals surface area contributed by atoms with Crippen molar-refractivity contribution in [3.05, 3.63) is 77.1 Å². The van der Waals surface area contributed by atoms with Crippen molar-refractivity contribution in [3.8, 4) is 11.8 Å². The zero-order chi connectivity index (χ0) is 20.9. The molecule has 1 saturated carbocycles. The van der Waals surface area contributed by atoms with Crippen LogP contribution in [0.1, 0.15) is 61.6 Å². The molecule has 0 N–H and O–H groups in total. The smallest absolute Gasteiger partial charge is 0.426 e. The fourth-order valence-corrected chi connectivity index (χ4v) is 3.78. The van der Waals surface area contributed by atoms with E-state index in [0.29, 0.717) is 11.8 Å². The Morgan fingerprint density at radius 3 is 2.38 bits per heavy atom. The van der Waals surface area contributed by atoms with Crippen LogP contribution in [0, 0.1) is 23.1 Å². The van der Waals surface area contributed by atoms with Crippen molar-refractivity contribution >= 4 is 0 Å². The number of alkyl halides is 2. The average molecular weight is 399 g/mol. The molecule has 0 saturated heterocycles. The molecule has 29 heavy (non-hydrogen) atoms. The van der Waals surface area contributed by atoms with Gasteiger partial charge in [0.2, 0.25) is 0 Å². The molecule has 0 bridgehead atoms. The van der Waals surface area contributed by atoms with E-state index in [2.05, 4.69) is 19.1 Å². The van der Waals surface area contributed by atoms with Crippen LogP contribution in [-0.4, -0.2) is 0 Å². The lowest BCUT2D eigenvalue weighted by atomic mass is 9.78. The van der Waals surface area contributed by atoms with Crippen molar-refractivity contribution in [2.75, 3.05) is 0 Å². The summed E-state index contributed by atoms with van der Waals surface area (Å²) >= 11 is 0. The fraction of sp³-hybridized carbons (Fsp3) is 0.375. The summed E-state index contributed by atoms with van der Waals surface area (Å²) in [7, 11) is 0. The molecule has 0 aromatic heterocycles. The van der Waals surface area contributed by atoms with E-state index in [1.165, 1.54) is 12.1 Å². The molecule has 0 atom stereocenters. The molecule has 0 spiro atoms. The first kappa shape index (κ1) is 21.0. The van der Waals surface area contributed by atoms with Gasteiger partial charge in [-0.3, -0.25) is 0 Å². The Labute approximate surface area is 169 Å². The van der Waals surface area contributed by atoms with Gasteiger partial charge < -0.3 is 4.74 Å². The number of benzene rings is 2. The van der Waals surface area contributed by atoms with E-state index in [9.17, 15) is 13.2 Å². The predicted molar refractivity (Wildman–Crippen MR) is 106 cm³/mol. The maximum atomic E-state index is 14.5. The molecule has 2 aromatic carbocycles. The maximum Gasteiger partial charge on any atom is 0.426 e. The molecule has 1 aliphatic rings. The second-order valence-electron chi connectivity index (χ2n) is 7.44. The van der Waals surface area contributed by atoms with Gasteiger partial charge in [-0.05, 0) is 73.8 Å². The van der Waals surface area contributed by atoms with E-state index in [4.69, 9.17) is 10.00 Å². The van der Waals surface area contributed by atoms with Crippen LogP contribution >= 0.6 is 0 Å². The highest BCUT2D eigenvalue weighted by atomic mass is 19.3. The number of allylic oxidation sites excluding steroid dienone is 2. The van der Waals surface area contributed by atoms with Crippen LogP contribution in [-0.2, 0) is 6.11 Å². The highest BCUT2D eigenvalue weighted by Crippen LogP contribution is 2.38. The second-order valence-corrected chi connectivity index (χ2v) is 7.44. The largest absolute Gasteiger partial charge is 0.429 e. The van der Waals surface area contributed by atoms with Gasteiger partial charge in [-0.1, -0.05) is 31.2 Å². The van der Waals surface area contributed by atoms with E-state index in [1.54, 1.807) is 18.2 Å². The van der Waals surface area contributed by atoms with Gasteiger partial charge in [0.05, 0.1) is 11.1 Å². The molecule has 2 aromatic rings. The third-order valence-corrected chi connectivity index (χ3v) is 5.44. The minimum absolute atomic E-state index is 0.218. The molecule has 0 aliphatic heterocycles. The van der Waals surface area contributed by atoms with Gasteiger partial charge in [0.25, 0.3) is 0 Å². The molecule has 1 aliphatic carbocycles. The SMILES string of the molecule is CC/C=C/C1CCC(c2ccc(C(F)(F)Oc3ccc(C#N)c(F)c3)cc2)CC1. The molecule has 3 rings (SSSR count). The average Bonchev–Trinajstić information content (AvgIpc) is 2.72. The monoisotopic (exact) mass is 399 g/mol. The standard InChI is InChI=1S/C24H24F3NO/c1-2-3-4-17-5-7-18(8-6-17)19-9-12-21(13-10-19)24(26,27)29-22-14-11-20(16-28)23(25)15-22/h3-4,9-15,17-18H,2,5-8H2,1H3/b4-3+. The molecular weight excluding hydrogens is 375 g/mol. The number of nitrogens with zero attached hydrogens (tertiary/aromatic N) is 1. The molecular formula is C24H24F3NO. The van der Waals surface area contributed by atoms with Crippen LogP contribution in [0.25, 0.3) is 0 Å². The minimum Gasteiger partial charge on any atom is -0.429 e. The summed E-state index contributed by atoms with van der Waals surface area (Å²) in [4.78, 5) is 0. The zero-order valence-corrected chi connectivity index (χ0v) is 16.4. The maximum absolute atomic E-state index is 14.5. The van der Waals surface area contributed by atoms with Gasteiger partial charge in [-0.25, -0.2) is 4.39 Å². The Morgan fingerprint density at radius 1 is 1.10 bits per heavy atom. The van der Waals surface area contributed by atoms with Gasteiger partial charge in [0.1, 0.15) is 17.6 Å². The molecule has 0 radical (unpaired) electrons. The Kier molecular flexibility index (Phi) is 6.64. The van der Waals surface area contributed by atoms with Crippen LogP contribution in [0.4, 0.5) is 13.2 Å². The van der Waals surface area contributed by atoms with E-state index in [-0.39, 0.29) is 16.9 Å². The van der Waals surface area contributed by atoms with Crippen LogP contribution in [0.3, 0.4) is 0 Å². The molecule has 0 heterocycles. The Bertz CT molecular complexity index is 891. The van der Waals surface area contributed by atoms with Gasteiger partial charge >= 0.3 is 6.11 Å². The van der Waals surface area contributed by atoms with Crippen molar-refractivity contribution in [1.82, 2.24) is 0 Å². The Balaban J connectivity index is 1.65. The first-order valence-electron chi connectivity index (χ1n) is 9.96. The molecule has 152 valence electrons. The van der Waals surface area contributed by atoms with E-state index in [0.717, 1.165) is 55.9 Å². The molecule has 5 heteroatoms. The van der Waals surface area contributed by atoms with E-state index >= 15 is 0 Å². The van der Waals surface area contributed by atoms with Crippen molar-refractivity contribution in [2.45, 2.75) is 51.1 Å². The minimum atomic E-state index is -3.60. The summed E-state index contributed by atoms with van der Waals surface area (Å²) in [6, 6.07) is 10.9. The third kappa shape index (κ3) is 5.20. The number of hydrogen-bond donors (Lipinski definition) is 0. The van der Waals surface area contributed by atoms with Gasteiger partial charge in [0, 0.05) is 6.07 Å². The summed E-state index contributed by atoms with van der Waals surface area (Å²) in [6.07, 6.45) is 6.29. The fourth-order valence-electron chi connectivity index (χ4n) is 3.78. The molecule has 0 unspecified atom stereocenters. The van der Waals surface area contributed by atoms with Crippen molar-refractivity contribution < 1.29 is 17.9 Å². The second kappa shape index (κ2) is 9.17. The van der Waals surface area contributed by atoms with Crippen molar-refractivity contribution in [2.24, 2.45) is 5.92 Å². The lowest BCUT2D eigenvalue weighted by Gasteiger charge is -2.27. The van der Waals surface area contributed by atoms with E-state index in [1.807, 2.05) is 0 Å². The number of hydrogen-bond acceptors (Lipinski definition) is 2. The van der Waals surface area contributed by atoms with Crippen LogP contribution in [0.2, 0.25) is 0 Å². The normalized spacial score (nSPS) is 19.8. The highest BCUT2D eigenvalue weighted by molar-refractivity contribution is 5.37. The van der Waals surface area contributed by atoms with Gasteiger partial charge in [-0.15, -0.1) is 0 Å². The number of nitriles is 1. The summed E-state index contributed by atoms with van der Waals surface area (Å²) in [5, 5.41) is 8.72. The highest BCUT2D eigenvalue weighted by Gasteiger charge is 2.35. The van der Waals surface area contributed by atoms with Gasteiger partial charge in [0.15, 0.2) is 0 Å². The van der Waals surface area contributed by atoms with Crippen molar-refractivity contribution in [1.29, 1.82) is 5.26 Å². The topological polar surface area (TPSA) is 33.0 Å². The first-order valence-corrected chi connectivity index (χ1v) is 9.96. The quantitative estimate of drug-likeness (QED) is 0.487. The van der Waals surface area contributed by atoms with Gasteiger partial charge in [-0.2, -0.15) is 14.0 Å². The number of rotatable bonds is 6. The van der Waals surface area contributed by atoms with Crippen LogP contribution in [0.15, 0.2) is 54.6 Å². The Morgan fingerprint density at radius 2 is 1.79 bits per heavy atom. The number of halogens is 3. The lowest BCUT2D eigenvalue weighted by Crippen LogP contribution is -2.22. The summed E-state index contributed by atoms with van der Waals surface area (Å²) in [6.45, 7) is 2.13. The van der Waals surface area contributed by atoms with Crippen LogP contribution < -0.4 is 4.74 Å². The Hall–Kier alpha value is -2.74.